The van der Waals surface area contributed by atoms with Crippen molar-refractivity contribution < 1.29 is 18.8 Å². The van der Waals surface area contributed by atoms with E-state index in [2.05, 4.69) is 41.9 Å². The fourth-order valence-electron chi connectivity index (χ4n) is 2.71. The quantitative estimate of drug-likeness (QED) is 0.348. The van der Waals surface area contributed by atoms with Gasteiger partial charge in [0.05, 0.1) is 15.5 Å². The molecule has 7 heteroatoms. The van der Waals surface area contributed by atoms with Crippen LogP contribution in [0.1, 0.15) is 25.0 Å². The Labute approximate surface area is 157 Å². The maximum atomic E-state index is 13.6. The smallest absolute Gasteiger partial charge is 0.310 e. The summed E-state index contributed by atoms with van der Waals surface area (Å²) in [5.41, 5.74) is 0.832. The predicted molar refractivity (Wildman–Crippen MR) is 97.5 cm³/mol. The summed E-state index contributed by atoms with van der Waals surface area (Å²) in [7, 11) is 1.38. The summed E-state index contributed by atoms with van der Waals surface area (Å²) in [5, 5.41) is 3.55. The summed E-state index contributed by atoms with van der Waals surface area (Å²) in [6.45, 7) is 4.14. The molecule has 1 aliphatic carbocycles. The van der Waals surface area contributed by atoms with E-state index in [0.29, 0.717) is 5.56 Å². The van der Waals surface area contributed by atoms with Gasteiger partial charge < -0.3 is 9.57 Å². The maximum Gasteiger partial charge on any atom is 0.310 e. The van der Waals surface area contributed by atoms with Gasteiger partial charge in [-0.05, 0) is 60.9 Å². The number of hydrogen-bond donors (Lipinski definition) is 0. The van der Waals surface area contributed by atoms with Gasteiger partial charge >= 0.3 is 5.97 Å². The fourth-order valence-corrected chi connectivity index (χ4v) is 3.28. The number of nitrogens with zero attached hydrogens (tertiary/aromatic N) is 1. The first-order valence-corrected chi connectivity index (χ1v) is 8.90. The summed E-state index contributed by atoms with van der Waals surface area (Å²) < 4.78 is 19.9. The third kappa shape index (κ3) is 4.45. The summed E-state index contributed by atoms with van der Waals surface area (Å²) in [6.07, 6.45) is 3.24. The minimum atomic E-state index is -0.415. The van der Waals surface area contributed by atoms with E-state index >= 15 is 0 Å². The number of carbonyl (C=O) groups is 1. The average molecular weight is 463 g/mol. The van der Waals surface area contributed by atoms with Crippen molar-refractivity contribution in [3.05, 3.63) is 44.6 Å². The molecule has 0 aliphatic heterocycles. The minimum Gasteiger partial charge on any atom is -0.461 e. The molecule has 1 aromatic rings. The van der Waals surface area contributed by atoms with E-state index in [0.717, 1.165) is 3.39 Å². The van der Waals surface area contributed by atoms with Gasteiger partial charge in [-0.2, -0.15) is 0 Å². The van der Waals surface area contributed by atoms with Crippen LogP contribution in [0.15, 0.2) is 32.8 Å². The number of rotatable bonds is 6. The molecular formula is C17H18Br2FNO3. The van der Waals surface area contributed by atoms with E-state index in [-0.39, 0.29) is 35.4 Å². The van der Waals surface area contributed by atoms with Crippen LogP contribution in [0, 0.1) is 23.1 Å². The van der Waals surface area contributed by atoms with Crippen LogP contribution in [0.25, 0.3) is 0 Å². The first-order valence-electron chi connectivity index (χ1n) is 7.31. The first-order chi connectivity index (χ1) is 11.3. The maximum absolute atomic E-state index is 13.6. The molecule has 1 aliphatic rings. The number of carbonyl (C=O) groups excluding carboxylic acids is 1. The number of benzene rings is 1. The van der Waals surface area contributed by atoms with Gasteiger partial charge in [-0.15, -0.1) is 0 Å². The van der Waals surface area contributed by atoms with Crippen molar-refractivity contribution in [2.45, 2.75) is 20.5 Å². The van der Waals surface area contributed by atoms with E-state index in [1.165, 1.54) is 19.4 Å². The van der Waals surface area contributed by atoms with Crippen molar-refractivity contribution in [3.63, 3.8) is 0 Å². The summed E-state index contributed by atoms with van der Waals surface area (Å²) >= 11 is 6.64. The number of ether oxygens (including phenoxy) is 1. The highest BCUT2D eigenvalue weighted by atomic mass is 79.9. The van der Waals surface area contributed by atoms with E-state index in [1.807, 2.05) is 19.9 Å². The van der Waals surface area contributed by atoms with Gasteiger partial charge in [0.1, 0.15) is 19.5 Å². The molecule has 0 saturated heterocycles. The lowest BCUT2D eigenvalue weighted by molar-refractivity contribution is -0.147. The van der Waals surface area contributed by atoms with Gasteiger partial charge in [0.15, 0.2) is 0 Å². The van der Waals surface area contributed by atoms with Crippen LogP contribution >= 0.6 is 31.9 Å². The SMILES string of the molecule is CO/N=C/c1cc(COC(=O)[C@@H]2[C@H](C=C(Br)Br)C2(C)C)ccc1F. The van der Waals surface area contributed by atoms with E-state index in [1.54, 1.807) is 12.1 Å². The minimum absolute atomic E-state index is 0.0887. The lowest BCUT2D eigenvalue weighted by atomic mass is 10.1. The Morgan fingerprint density at radius 3 is 2.75 bits per heavy atom. The van der Waals surface area contributed by atoms with Crippen LogP contribution in [0.5, 0.6) is 0 Å². The standard InChI is InChI=1S/C17H18Br2FNO3/c1-17(2)12(7-14(18)19)15(17)16(22)24-9-10-4-5-13(20)11(6-10)8-21-23-3/h4-8,12,15H,9H2,1-3H3/b21-8+/t12-,15-/m0/s1. The molecule has 0 radical (unpaired) electrons. The number of allylic oxidation sites excluding steroid dienone is 1. The zero-order chi connectivity index (χ0) is 17.9. The monoisotopic (exact) mass is 461 g/mol. The van der Waals surface area contributed by atoms with Gasteiger partial charge in [0.2, 0.25) is 0 Å². The molecular weight excluding hydrogens is 445 g/mol. The molecule has 0 aromatic heterocycles. The zero-order valence-electron chi connectivity index (χ0n) is 13.6. The fraction of sp³-hybridized carbons (Fsp3) is 0.412. The summed E-state index contributed by atoms with van der Waals surface area (Å²) in [5.74, 6) is -0.727. The second-order valence-electron chi connectivity index (χ2n) is 6.16. The van der Waals surface area contributed by atoms with Crippen molar-refractivity contribution in [1.82, 2.24) is 0 Å². The van der Waals surface area contributed by atoms with Crippen molar-refractivity contribution in [2.75, 3.05) is 7.11 Å². The van der Waals surface area contributed by atoms with Crippen molar-refractivity contribution in [2.24, 2.45) is 22.4 Å². The first kappa shape index (κ1) is 19.1. The van der Waals surface area contributed by atoms with Gasteiger partial charge in [-0.3, -0.25) is 4.79 Å². The average Bonchev–Trinajstić information content (AvgIpc) is 3.04. The Morgan fingerprint density at radius 2 is 2.12 bits per heavy atom. The molecule has 1 saturated carbocycles. The van der Waals surface area contributed by atoms with Crippen LogP contribution in [0.2, 0.25) is 0 Å². The lowest BCUT2D eigenvalue weighted by Crippen LogP contribution is -2.11. The van der Waals surface area contributed by atoms with E-state index < -0.39 is 5.82 Å². The normalized spacial score (nSPS) is 21.4. The molecule has 4 nitrogen and oxygen atoms in total. The number of oxime groups is 1. The third-order valence-corrected chi connectivity index (χ3v) is 4.74. The molecule has 2 rings (SSSR count). The Balaban J connectivity index is 2.00. The molecule has 1 fully saturated rings. The highest BCUT2D eigenvalue weighted by molar-refractivity contribution is 9.28. The van der Waals surface area contributed by atoms with Crippen molar-refractivity contribution >= 4 is 44.0 Å². The Kier molecular flexibility index (Phi) is 6.20. The van der Waals surface area contributed by atoms with E-state index in [9.17, 15) is 9.18 Å². The van der Waals surface area contributed by atoms with Gasteiger partial charge in [0.25, 0.3) is 0 Å². The van der Waals surface area contributed by atoms with Crippen molar-refractivity contribution in [1.29, 1.82) is 0 Å². The van der Waals surface area contributed by atoms with Crippen molar-refractivity contribution in [3.8, 4) is 0 Å². The number of esters is 1. The van der Waals surface area contributed by atoms with Crippen LogP contribution in [0.4, 0.5) is 4.39 Å². The van der Waals surface area contributed by atoms with Gasteiger partial charge in [0, 0.05) is 5.56 Å². The zero-order valence-corrected chi connectivity index (χ0v) is 16.7. The van der Waals surface area contributed by atoms with Crippen LogP contribution in [-0.4, -0.2) is 19.3 Å². The number of hydrogen-bond acceptors (Lipinski definition) is 4. The molecule has 0 unspecified atom stereocenters. The highest BCUT2D eigenvalue weighted by Gasteiger charge is 2.61. The third-order valence-electron chi connectivity index (χ3n) is 4.21. The number of halogens is 3. The summed E-state index contributed by atoms with van der Waals surface area (Å²) in [6, 6.07) is 4.47. The van der Waals surface area contributed by atoms with Gasteiger partial charge in [-0.25, -0.2) is 4.39 Å². The second kappa shape index (κ2) is 7.78. The van der Waals surface area contributed by atoms with Crippen LogP contribution in [-0.2, 0) is 21.0 Å². The highest BCUT2D eigenvalue weighted by Crippen LogP contribution is 2.60. The Morgan fingerprint density at radius 1 is 1.42 bits per heavy atom. The largest absolute Gasteiger partial charge is 0.461 e. The molecule has 130 valence electrons. The Hall–Kier alpha value is -1.21. The van der Waals surface area contributed by atoms with Gasteiger partial charge in [-0.1, -0.05) is 31.1 Å². The molecule has 0 amide bonds. The molecule has 0 N–H and O–H groups in total. The van der Waals surface area contributed by atoms with E-state index in [4.69, 9.17) is 4.74 Å². The summed E-state index contributed by atoms with van der Waals surface area (Å²) in [4.78, 5) is 16.9. The topological polar surface area (TPSA) is 47.9 Å². The molecule has 2 atom stereocenters. The van der Waals surface area contributed by atoms with Crippen LogP contribution in [0.3, 0.4) is 0 Å². The molecule has 0 spiro atoms. The lowest BCUT2D eigenvalue weighted by Gasteiger charge is -2.07. The predicted octanol–water partition coefficient (Wildman–Crippen LogP) is 4.75. The Bertz CT molecular complexity index is 684. The second-order valence-corrected chi connectivity index (χ2v) is 8.93. The van der Waals surface area contributed by atoms with Crippen LogP contribution < -0.4 is 0 Å². The molecule has 24 heavy (non-hydrogen) atoms. The molecule has 0 bridgehead atoms. The molecule has 1 aromatic carbocycles. The molecule has 0 heterocycles.